The number of fused-ring (bicyclic) bond motifs is 1. The van der Waals surface area contributed by atoms with Crippen LogP contribution in [0.25, 0.3) is 11.4 Å². The summed E-state index contributed by atoms with van der Waals surface area (Å²) in [6.07, 6.45) is 5.17. The van der Waals surface area contributed by atoms with Gasteiger partial charge in [0, 0.05) is 24.4 Å². The minimum Gasteiger partial charge on any atom is -0.439 e. The molecule has 2 fully saturated rings. The molecule has 0 radical (unpaired) electrons. The standard InChI is InChI=1S/C20H19FN4O2.ClH/c21-15-4-6-16(7-5-15)26-17-8-3-13(10-23-17)18-24-19(27-25-18)20-9-1-2-14(20)11-22-12-20;/h3-8,10,14,22H,1-2,9,11-12H2;1H/t14-,20-;/m1./s1. The lowest BCUT2D eigenvalue weighted by Crippen LogP contribution is -2.31. The molecule has 1 aliphatic heterocycles. The lowest BCUT2D eigenvalue weighted by Gasteiger charge is -2.22. The van der Waals surface area contributed by atoms with E-state index in [1.54, 1.807) is 24.4 Å². The van der Waals surface area contributed by atoms with Crippen molar-refractivity contribution in [2.45, 2.75) is 24.7 Å². The first-order chi connectivity index (χ1) is 13.2. The normalized spacial score (nSPS) is 23.2. The van der Waals surface area contributed by atoms with Crippen LogP contribution in [0.1, 0.15) is 25.2 Å². The number of ether oxygens (including phenoxy) is 1. The van der Waals surface area contributed by atoms with Crippen molar-refractivity contribution in [2.75, 3.05) is 13.1 Å². The zero-order valence-corrected chi connectivity index (χ0v) is 15.9. The highest BCUT2D eigenvalue weighted by Crippen LogP contribution is 2.47. The average Bonchev–Trinajstić information content (AvgIpc) is 3.39. The maximum absolute atomic E-state index is 13.0. The minimum absolute atomic E-state index is 0. The largest absolute Gasteiger partial charge is 0.439 e. The van der Waals surface area contributed by atoms with Crippen LogP contribution in [0.2, 0.25) is 0 Å². The second kappa shape index (κ2) is 7.48. The number of nitrogens with zero attached hydrogens (tertiary/aromatic N) is 3. The predicted molar refractivity (Wildman–Crippen MR) is 103 cm³/mol. The molecule has 28 heavy (non-hydrogen) atoms. The monoisotopic (exact) mass is 402 g/mol. The molecule has 0 unspecified atom stereocenters. The summed E-state index contributed by atoms with van der Waals surface area (Å²) in [6.45, 7) is 1.93. The summed E-state index contributed by atoms with van der Waals surface area (Å²) in [7, 11) is 0. The smallest absolute Gasteiger partial charge is 0.234 e. The van der Waals surface area contributed by atoms with Crippen LogP contribution < -0.4 is 10.1 Å². The average molecular weight is 403 g/mol. The molecule has 1 aromatic carbocycles. The molecule has 5 rings (SSSR count). The first-order valence-electron chi connectivity index (χ1n) is 9.18. The van der Waals surface area contributed by atoms with Gasteiger partial charge in [0.2, 0.25) is 17.6 Å². The summed E-state index contributed by atoms with van der Waals surface area (Å²) in [5, 5.41) is 7.64. The second-order valence-corrected chi connectivity index (χ2v) is 7.24. The van der Waals surface area contributed by atoms with Crippen LogP contribution in [-0.4, -0.2) is 28.2 Å². The Morgan fingerprint density at radius 3 is 2.82 bits per heavy atom. The third-order valence-corrected chi connectivity index (χ3v) is 5.67. The Balaban J connectivity index is 0.00000192. The Morgan fingerprint density at radius 1 is 1.18 bits per heavy atom. The van der Waals surface area contributed by atoms with Crippen LogP contribution in [0, 0.1) is 11.7 Å². The first kappa shape index (κ1) is 18.8. The van der Waals surface area contributed by atoms with Crippen LogP contribution >= 0.6 is 12.4 Å². The van der Waals surface area contributed by atoms with Gasteiger partial charge in [-0.05, 0) is 55.6 Å². The van der Waals surface area contributed by atoms with Gasteiger partial charge in [-0.15, -0.1) is 12.4 Å². The number of nitrogens with one attached hydrogen (secondary N) is 1. The van der Waals surface area contributed by atoms with Crippen LogP contribution in [0.15, 0.2) is 47.1 Å². The molecule has 1 saturated carbocycles. The van der Waals surface area contributed by atoms with Crippen molar-refractivity contribution < 1.29 is 13.7 Å². The number of aromatic nitrogens is 3. The number of halogens is 2. The van der Waals surface area contributed by atoms with E-state index < -0.39 is 0 Å². The van der Waals surface area contributed by atoms with Gasteiger partial charge in [0.25, 0.3) is 0 Å². The molecule has 0 spiro atoms. The summed E-state index contributed by atoms with van der Waals surface area (Å²) in [4.78, 5) is 8.97. The molecule has 2 aromatic heterocycles. The highest BCUT2D eigenvalue weighted by atomic mass is 35.5. The quantitative estimate of drug-likeness (QED) is 0.707. The van der Waals surface area contributed by atoms with Crippen LogP contribution in [0.5, 0.6) is 11.6 Å². The van der Waals surface area contributed by atoms with Gasteiger partial charge in [0.1, 0.15) is 11.6 Å². The molecule has 1 N–H and O–H groups in total. The Kier molecular flexibility index (Phi) is 5.03. The molecular weight excluding hydrogens is 383 g/mol. The van der Waals surface area contributed by atoms with Crippen LogP contribution in [-0.2, 0) is 5.41 Å². The zero-order valence-electron chi connectivity index (χ0n) is 15.1. The van der Waals surface area contributed by atoms with E-state index in [4.69, 9.17) is 9.26 Å². The third-order valence-electron chi connectivity index (χ3n) is 5.67. The van der Waals surface area contributed by atoms with E-state index in [0.717, 1.165) is 31.0 Å². The van der Waals surface area contributed by atoms with Crippen molar-refractivity contribution in [3.05, 3.63) is 54.3 Å². The lowest BCUT2D eigenvalue weighted by atomic mass is 9.80. The predicted octanol–water partition coefficient (Wildman–Crippen LogP) is 4.13. The molecule has 3 aromatic rings. The van der Waals surface area contributed by atoms with Crippen molar-refractivity contribution >= 4 is 12.4 Å². The summed E-state index contributed by atoms with van der Waals surface area (Å²) in [6, 6.07) is 9.39. The van der Waals surface area contributed by atoms with E-state index in [2.05, 4.69) is 20.4 Å². The molecular formula is C20H20ClFN4O2. The maximum Gasteiger partial charge on any atom is 0.234 e. The molecule has 1 aliphatic carbocycles. The molecule has 3 heterocycles. The highest BCUT2D eigenvalue weighted by Gasteiger charge is 2.51. The lowest BCUT2D eigenvalue weighted by molar-refractivity contribution is 0.265. The number of hydrogen-bond donors (Lipinski definition) is 1. The topological polar surface area (TPSA) is 73.1 Å². The van der Waals surface area contributed by atoms with Gasteiger partial charge in [-0.1, -0.05) is 11.6 Å². The van der Waals surface area contributed by atoms with E-state index in [0.29, 0.717) is 23.4 Å². The highest BCUT2D eigenvalue weighted by molar-refractivity contribution is 5.85. The Labute approximate surface area is 167 Å². The van der Waals surface area contributed by atoms with E-state index in [1.807, 2.05) is 6.07 Å². The number of benzene rings is 1. The van der Waals surface area contributed by atoms with E-state index in [-0.39, 0.29) is 23.6 Å². The van der Waals surface area contributed by atoms with Gasteiger partial charge in [0.05, 0.1) is 5.41 Å². The van der Waals surface area contributed by atoms with Crippen molar-refractivity contribution in [1.29, 1.82) is 0 Å². The molecule has 2 aliphatic rings. The zero-order chi connectivity index (χ0) is 18.3. The van der Waals surface area contributed by atoms with Gasteiger partial charge >= 0.3 is 0 Å². The molecule has 0 bridgehead atoms. The number of rotatable bonds is 4. The van der Waals surface area contributed by atoms with Gasteiger partial charge in [0.15, 0.2) is 0 Å². The van der Waals surface area contributed by atoms with Gasteiger partial charge in [-0.3, -0.25) is 0 Å². The number of pyridine rings is 1. The van der Waals surface area contributed by atoms with Gasteiger partial charge in [-0.2, -0.15) is 4.98 Å². The van der Waals surface area contributed by atoms with E-state index in [9.17, 15) is 4.39 Å². The Hall–Kier alpha value is -2.51. The summed E-state index contributed by atoms with van der Waals surface area (Å²) < 4.78 is 24.2. The third kappa shape index (κ3) is 3.25. The molecule has 1 saturated heterocycles. The van der Waals surface area contributed by atoms with E-state index >= 15 is 0 Å². The molecule has 8 heteroatoms. The van der Waals surface area contributed by atoms with Crippen LogP contribution in [0.4, 0.5) is 4.39 Å². The Bertz CT molecular complexity index is 936. The summed E-state index contributed by atoms with van der Waals surface area (Å²) in [5.41, 5.74) is 0.762. The fraction of sp³-hybridized carbons (Fsp3) is 0.350. The van der Waals surface area contributed by atoms with Crippen molar-refractivity contribution in [1.82, 2.24) is 20.4 Å². The molecule has 0 amide bonds. The first-order valence-corrected chi connectivity index (χ1v) is 9.18. The van der Waals surface area contributed by atoms with Crippen molar-refractivity contribution in [3.8, 4) is 23.0 Å². The van der Waals surface area contributed by atoms with Crippen LogP contribution in [0.3, 0.4) is 0 Å². The van der Waals surface area contributed by atoms with E-state index in [1.165, 1.54) is 25.0 Å². The van der Waals surface area contributed by atoms with Gasteiger partial charge in [-0.25, -0.2) is 9.37 Å². The summed E-state index contributed by atoms with van der Waals surface area (Å²) in [5.74, 6) is 2.49. The Morgan fingerprint density at radius 2 is 2.04 bits per heavy atom. The second-order valence-electron chi connectivity index (χ2n) is 7.24. The van der Waals surface area contributed by atoms with Gasteiger partial charge < -0.3 is 14.6 Å². The number of hydrogen-bond acceptors (Lipinski definition) is 6. The molecule has 6 nitrogen and oxygen atoms in total. The van der Waals surface area contributed by atoms with Crippen molar-refractivity contribution in [3.63, 3.8) is 0 Å². The SMILES string of the molecule is Cl.Fc1ccc(Oc2ccc(-c3noc([C@@]45CCC[C@@H]4CNC5)n3)cn2)cc1. The fourth-order valence-electron chi connectivity index (χ4n) is 4.24. The summed E-state index contributed by atoms with van der Waals surface area (Å²) >= 11 is 0. The minimum atomic E-state index is -0.306. The fourth-order valence-corrected chi connectivity index (χ4v) is 4.24. The van der Waals surface area contributed by atoms with Crippen molar-refractivity contribution in [2.24, 2.45) is 5.92 Å². The maximum atomic E-state index is 13.0. The molecule has 146 valence electrons. The molecule has 2 atom stereocenters.